The zero-order valence-corrected chi connectivity index (χ0v) is 14.2. The number of anilines is 1. The lowest BCUT2D eigenvalue weighted by Gasteiger charge is -2.18. The Hall–Kier alpha value is -2.82. The van der Waals surface area contributed by atoms with Gasteiger partial charge in [-0.3, -0.25) is 9.59 Å². The number of hydrogen-bond donors (Lipinski definition) is 1. The Balaban J connectivity index is 2.04. The van der Waals surface area contributed by atoms with Crippen molar-refractivity contribution in [3.8, 4) is 5.75 Å². The fourth-order valence-electron chi connectivity index (χ4n) is 2.36. The third-order valence-electron chi connectivity index (χ3n) is 3.43. The van der Waals surface area contributed by atoms with Crippen molar-refractivity contribution in [3.63, 3.8) is 0 Å². The van der Waals surface area contributed by atoms with E-state index >= 15 is 0 Å². The molecule has 0 bridgehead atoms. The second kappa shape index (κ2) is 8.15. The summed E-state index contributed by atoms with van der Waals surface area (Å²) in [5.74, 6) is 0.552. The number of amides is 2. The van der Waals surface area contributed by atoms with Crippen molar-refractivity contribution in [3.05, 3.63) is 59.7 Å². The third-order valence-corrected chi connectivity index (χ3v) is 3.43. The van der Waals surface area contributed by atoms with Crippen LogP contribution in [0.15, 0.2) is 48.5 Å². The van der Waals surface area contributed by atoms with E-state index < -0.39 is 0 Å². The number of benzene rings is 2. The highest BCUT2D eigenvalue weighted by atomic mass is 16.5. The van der Waals surface area contributed by atoms with Gasteiger partial charge in [-0.05, 0) is 42.8 Å². The molecule has 2 rings (SSSR count). The maximum Gasteiger partial charge on any atom is 0.253 e. The van der Waals surface area contributed by atoms with Crippen LogP contribution in [0.5, 0.6) is 5.75 Å². The Bertz CT molecular complexity index is 711. The quantitative estimate of drug-likeness (QED) is 0.886. The van der Waals surface area contributed by atoms with Crippen molar-refractivity contribution < 1.29 is 14.3 Å². The number of ether oxygens (including phenoxy) is 1. The maximum atomic E-state index is 12.5. The SMILES string of the molecule is CCOc1ccc(CN(C)C(=O)c2cccc(NC(C)=O)c2)cc1. The van der Waals surface area contributed by atoms with Gasteiger partial charge in [0.25, 0.3) is 5.91 Å². The first-order valence-electron chi connectivity index (χ1n) is 7.84. The highest BCUT2D eigenvalue weighted by molar-refractivity contribution is 5.96. The Morgan fingerprint density at radius 3 is 2.46 bits per heavy atom. The van der Waals surface area contributed by atoms with Crippen molar-refractivity contribution >= 4 is 17.5 Å². The normalized spacial score (nSPS) is 10.1. The Morgan fingerprint density at radius 2 is 1.83 bits per heavy atom. The van der Waals surface area contributed by atoms with Gasteiger partial charge in [-0.1, -0.05) is 18.2 Å². The molecule has 0 fully saturated rings. The lowest BCUT2D eigenvalue weighted by Crippen LogP contribution is -2.26. The van der Waals surface area contributed by atoms with Gasteiger partial charge in [0, 0.05) is 31.8 Å². The summed E-state index contributed by atoms with van der Waals surface area (Å²) in [6.07, 6.45) is 0. The van der Waals surface area contributed by atoms with Gasteiger partial charge in [-0.15, -0.1) is 0 Å². The van der Waals surface area contributed by atoms with Crippen LogP contribution < -0.4 is 10.1 Å². The van der Waals surface area contributed by atoms with Gasteiger partial charge in [0.2, 0.25) is 5.91 Å². The molecule has 0 spiro atoms. The van der Waals surface area contributed by atoms with Gasteiger partial charge in [-0.25, -0.2) is 0 Å². The molecule has 24 heavy (non-hydrogen) atoms. The van der Waals surface area contributed by atoms with Crippen LogP contribution in [0.2, 0.25) is 0 Å². The van der Waals surface area contributed by atoms with Crippen molar-refractivity contribution in [2.75, 3.05) is 19.0 Å². The summed E-state index contributed by atoms with van der Waals surface area (Å²) < 4.78 is 5.41. The number of carbonyl (C=O) groups excluding carboxylic acids is 2. The summed E-state index contributed by atoms with van der Waals surface area (Å²) in [6, 6.07) is 14.6. The summed E-state index contributed by atoms with van der Waals surface area (Å²) in [5, 5.41) is 2.68. The average Bonchev–Trinajstić information content (AvgIpc) is 2.56. The average molecular weight is 326 g/mol. The van der Waals surface area contributed by atoms with E-state index in [2.05, 4.69) is 5.32 Å². The predicted molar refractivity (Wildman–Crippen MR) is 94.2 cm³/mol. The zero-order valence-electron chi connectivity index (χ0n) is 14.2. The molecule has 0 aliphatic rings. The molecule has 0 saturated carbocycles. The highest BCUT2D eigenvalue weighted by Gasteiger charge is 2.13. The van der Waals surface area contributed by atoms with Crippen LogP contribution in [0.3, 0.4) is 0 Å². The van der Waals surface area contributed by atoms with Gasteiger partial charge < -0.3 is 15.0 Å². The summed E-state index contributed by atoms with van der Waals surface area (Å²) in [5.41, 5.74) is 2.17. The second-order valence-corrected chi connectivity index (χ2v) is 5.50. The van der Waals surface area contributed by atoms with Crippen LogP contribution in [0, 0.1) is 0 Å². The predicted octanol–water partition coefficient (Wildman–Crippen LogP) is 3.32. The molecule has 2 aromatic carbocycles. The van der Waals surface area contributed by atoms with Gasteiger partial charge in [0.1, 0.15) is 5.75 Å². The van der Waals surface area contributed by atoms with E-state index in [1.807, 2.05) is 31.2 Å². The topological polar surface area (TPSA) is 58.6 Å². The minimum atomic E-state index is -0.164. The number of hydrogen-bond acceptors (Lipinski definition) is 3. The fraction of sp³-hybridized carbons (Fsp3) is 0.263. The molecule has 0 aliphatic carbocycles. The molecule has 0 atom stereocenters. The second-order valence-electron chi connectivity index (χ2n) is 5.50. The maximum absolute atomic E-state index is 12.5. The fourth-order valence-corrected chi connectivity index (χ4v) is 2.36. The molecule has 1 N–H and O–H groups in total. The number of carbonyl (C=O) groups is 2. The smallest absolute Gasteiger partial charge is 0.253 e. The standard InChI is InChI=1S/C19H22N2O3/c1-4-24-18-10-8-15(9-11-18)13-21(3)19(23)16-6-5-7-17(12-16)20-14(2)22/h5-12H,4,13H2,1-3H3,(H,20,22). The monoisotopic (exact) mass is 326 g/mol. The summed E-state index contributed by atoms with van der Waals surface area (Å²) in [7, 11) is 1.75. The molecule has 126 valence electrons. The summed E-state index contributed by atoms with van der Waals surface area (Å²) >= 11 is 0. The van der Waals surface area contributed by atoms with Gasteiger partial charge in [0.05, 0.1) is 6.61 Å². The number of rotatable bonds is 6. The Kier molecular flexibility index (Phi) is 5.95. The third kappa shape index (κ3) is 4.84. The van der Waals surface area contributed by atoms with E-state index in [0.29, 0.717) is 24.4 Å². The van der Waals surface area contributed by atoms with Crippen molar-refractivity contribution in [2.24, 2.45) is 0 Å². The molecule has 0 aliphatic heterocycles. The van der Waals surface area contributed by atoms with E-state index in [-0.39, 0.29) is 11.8 Å². The molecular formula is C19H22N2O3. The molecule has 0 heterocycles. The summed E-state index contributed by atoms with van der Waals surface area (Å²) in [4.78, 5) is 25.3. The van der Waals surface area contributed by atoms with Crippen LogP contribution >= 0.6 is 0 Å². The molecule has 2 amide bonds. The molecule has 0 radical (unpaired) electrons. The lowest BCUT2D eigenvalue weighted by molar-refractivity contribution is -0.114. The molecule has 2 aromatic rings. The van der Waals surface area contributed by atoms with E-state index in [1.165, 1.54) is 6.92 Å². The molecule has 0 saturated heterocycles. The molecule has 0 aromatic heterocycles. The van der Waals surface area contributed by atoms with Crippen LogP contribution in [0.25, 0.3) is 0 Å². The van der Waals surface area contributed by atoms with Crippen LogP contribution in [-0.4, -0.2) is 30.4 Å². The van der Waals surface area contributed by atoms with Crippen LogP contribution in [0.4, 0.5) is 5.69 Å². The lowest BCUT2D eigenvalue weighted by atomic mass is 10.1. The molecule has 5 heteroatoms. The minimum Gasteiger partial charge on any atom is -0.494 e. The van der Waals surface area contributed by atoms with Gasteiger partial charge in [0.15, 0.2) is 0 Å². The molecular weight excluding hydrogens is 304 g/mol. The first-order valence-corrected chi connectivity index (χ1v) is 7.84. The number of nitrogens with zero attached hydrogens (tertiary/aromatic N) is 1. The minimum absolute atomic E-state index is 0.101. The van der Waals surface area contributed by atoms with E-state index in [1.54, 1.807) is 36.2 Å². The zero-order chi connectivity index (χ0) is 17.5. The van der Waals surface area contributed by atoms with E-state index in [0.717, 1.165) is 11.3 Å². The van der Waals surface area contributed by atoms with E-state index in [4.69, 9.17) is 4.74 Å². The van der Waals surface area contributed by atoms with E-state index in [9.17, 15) is 9.59 Å². The first kappa shape index (κ1) is 17.5. The molecule has 5 nitrogen and oxygen atoms in total. The van der Waals surface area contributed by atoms with Crippen molar-refractivity contribution in [1.29, 1.82) is 0 Å². The largest absolute Gasteiger partial charge is 0.494 e. The summed E-state index contributed by atoms with van der Waals surface area (Å²) in [6.45, 7) is 4.50. The van der Waals surface area contributed by atoms with Gasteiger partial charge in [-0.2, -0.15) is 0 Å². The Labute approximate surface area is 142 Å². The van der Waals surface area contributed by atoms with Crippen molar-refractivity contribution in [2.45, 2.75) is 20.4 Å². The van der Waals surface area contributed by atoms with Crippen molar-refractivity contribution in [1.82, 2.24) is 4.90 Å². The first-order chi connectivity index (χ1) is 11.5. The highest BCUT2D eigenvalue weighted by Crippen LogP contribution is 2.16. The molecule has 0 unspecified atom stereocenters. The number of nitrogens with one attached hydrogen (secondary N) is 1. The van der Waals surface area contributed by atoms with Crippen LogP contribution in [0.1, 0.15) is 29.8 Å². The Morgan fingerprint density at radius 1 is 1.12 bits per heavy atom. The van der Waals surface area contributed by atoms with Crippen LogP contribution in [-0.2, 0) is 11.3 Å². The van der Waals surface area contributed by atoms with Gasteiger partial charge >= 0.3 is 0 Å².